The molecule has 2 rings (SSSR count). The van der Waals surface area contributed by atoms with Crippen LogP contribution in [0, 0.1) is 10.1 Å². The summed E-state index contributed by atoms with van der Waals surface area (Å²) in [5, 5.41) is 13.3. The van der Waals surface area contributed by atoms with E-state index in [-0.39, 0.29) is 5.69 Å². The van der Waals surface area contributed by atoms with Crippen molar-refractivity contribution in [3.63, 3.8) is 0 Å². The first-order chi connectivity index (χ1) is 11.5. The van der Waals surface area contributed by atoms with Crippen LogP contribution in [0.5, 0.6) is 11.5 Å². The number of carbonyl (C=O) groups is 1. The number of benzene rings is 2. The summed E-state index contributed by atoms with van der Waals surface area (Å²) in [4.78, 5) is 22.2. The molecule has 0 radical (unpaired) electrons. The van der Waals surface area contributed by atoms with Crippen molar-refractivity contribution in [2.75, 3.05) is 19.5 Å². The quantitative estimate of drug-likeness (QED) is 0.499. The lowest BCUT2D eigenvalue weighted by Gasteiger charge is -2.09. The van der Waals surface area contributed by atoms with Gasteiger partial charge in [0.2, 0.25) is 5.91 Å². The highest BCUT2D eigenvalue weighted by atomic mass is 16.6. The van der Waals surface area contributed by atoms with Gasteiger partial charge in [-0.1, -0.05) is 18.2 Å². The first-order valence-electron chi connectivity index (χ1n) is 6.99. The molecule has 0 aliphatic carbocycles. The van der Waals surface area contributed by atoms with Crippen molar-refractivity contribution in [1.29, 1.82) is 0 Å². The Morgan fingerprint density at radius 2 is 1.92 bits per heavy atom. The monoisotopic (exact) mass is 328 g/mol. The molecule has 124 valence electrons. The molecule has 0 saturated heterocycles. The largest absolute Gasteiger partial charge is 0.493 e. The highest BCUT2D eigenvalue weighted by Crippen LogP contribution is 2.31. The fourth-order valence-corrected chi connectivity index (χ4v) is 2.09. The number of nitro benzene ring substituents is 1. The average molecular weight is 328 g/mol. The third kappa shape index (κ3) is 4.10. The van der Waals surface area contributed by atoms with Gasteiger partial charge >= 0.3 is 0 Å². The Morgan fingerprint density at radius 3 is 2.58 bits per heavy atom. The number of hydrogen-bond donors (Lipinski definition) is 1. The van der Waals surface area contributed by atoms with Gasteiger partial charge in [0.25, 0.3) is 5.69 Å². The van der Waals surface area contributed by atoms with E-state index in [1.165, 1.54) is 38.5 Å². The number of nitrogens with one attached hydrogen (secondary N) is 1. The Morgan fingerprint density at radius 1 is 1.17 bits per heavy atom. The van der Waals surface area contributed by atoms with Gasteiger partial charge in [-0.2, -0.15) is 0 Å². The lowest BCUT2D eigenvalue weighted by molar-refractivity contribution is -0.384. The zero-order valence-electron chi connectivity index (χ0n) is 13.2. The number of carbonyl (C=O) groups excluding carboxylic acids is 1. The second-order valence-corrected chi connectivity index (χ2v) is 4.71. The van der Waals surface area contributed by atoms with E-state index in [9.17, 15) is 14.9 Å². The van der Waals surface area contributed by atoms with Crippen molar-refractivity contribution in [3.8, 4) is 11.5 Å². The molecule has 0 aliphatic heterocycles. The molecule has 0 aromatic heterocycles. The zero-order valence-corrected chi connectivity index (χ0v) is 13.2. The van der Waals surface area contributed by atoms with E-state index in [4.69, 9.17) is 9.47 Å². The van der Waals surface area contributed by atoms with Gasteiger partial charge in [0.05, 0.1) is 19.1 Å². The minimum absolute atomic E-state index is 0.0914. The molecule has 0 bridgehead atoms. The van der Waals surface area contributed by atoms with Gasteiger partial charge in [0.1, 0.15) is 0 Å². The highest BCUT2D eigenvalue weighted by Gasteiger charge is 2.09. The number of rotatable bonds is 6. The van der Waals surface area contributed by atoms with E-state index in [1.54, 1.807) is 30.3 Å². The maximum Gasteiger partial charge on any atom is 0.271 e. The Labute approximate surface area is 138 Å². The van der Waals surface area contributed by atoms with Crippen molar-refractivity contribution in [2.24, 2.45) is 0 Å². The van der Waals surface area contributed by atoms with E-state index >= 15 is 0 Å². The molecular weight excluding hydrogens is 312 g/mol. The predicted octanol–water partition coefficient (Wildman–Crippen LogP) is 3.26. The molecule has 2 aromatic carbocycles. The van der Waals surface area contributed by atoms with E-state index in [0.29, 0.717) is 22.7 Å². The van der Waals surface area contributed by atoms with Crippen LogP contribution in [0.25, 0.3) is 6.08 Å². The number of amides is 1. The third-order valence-corrected chi connectivity index (χ3v) is 3.17. The van der Waals surface area contributed by atoms with Crippen LogP contribution in [-0.2, 0) is 4.79 Å². The molecule has 0 heterocycles. The van der Waals surface area contributed by atoms with Crippen molar-refractivity contribution < 1.29 is 19.2 Å². The van der Waals surface area contributed by atoms with Crippen LogP contribution < -0.4 is 14.8 Å². The van der Waals surface area contributed by atoms with Crippen LogP contribution in [0.15, 0.2) is 48.5 Å². The second-order valence-electron chi connectivity index (χ2n) is 4.71. The van der Waals surface area contributed by atoms with E-state index in [2.05, 4.69) is 5.32 Å². The molecule has 1 amide bonds. The zero-order chi connectivity index (χ0) is 17.5. The molecule has 1 N–H and O–H groups in total. The Balaban J connectivity index is 2.14. The van der Waals surface area contributed by atoms with E-state index < -0.39 is 10.8 Å². The summed E-state index contributed by atoms with van der Waals surface area (Å²) in [6, 6.07) is 11.0. The van der Waals surface area contributed by atoms with Gasteiger partial charge in [0, 0.05) is 29.5 Å². The summed E-state index contributed by atoms with van der Waals surface area (Å²) in [6.45, 7) is 0. The van der Waals surface area contributed by atoms with Crippen molar-refractivity contribution in [1.82, 2.24) is 0 Å². The third-order valence-electron chi connectivity index (χ3n) is 3.17. The second kappa shape index (κ2) is 7.77. The summed E-state index contributed by atoms with van der Waals surface area (Å²) in [6.07, 6.45) is 2.89. The Bertz CT molecular complexity index is 786. The molecular formula is C17H16N2O5. The van der Waals surface area contributed by atoms with Crippen LogP contribution in [-0.4, -0.2) is 25.1 Å². The van der Waals surface area contributed by atoms with Gasteiger partial charge in [-0.05, 0) is 18.2 Å². The predicted molar refractivity (Wildman–Crippen MR) is 90.3 cm³/mol. The number of hydrogen-bond acceptors (Lipinski definition) is 5. The fraction of sp³-hybridized carbons (Fsp3) is 0.118. The normalized spacial score (nSPS) is 10.4. The van der Waals surface area contributed by atoms with Crippen molar-refractivity contribution in [2.45, 2.75) is 0 Å². The van der Waals surface area contributed by atoms with Crippen molar-refractivity contribution in [3.05, 3.63) is 64.2 Å². The first kappa shape index (κ1) is 17.0. The number of nitrogens with zero attached hydrogens (tertiary/aromatic N) is 1. The van der Waals surface area contributed by atoms with Gasteiger partial charge < -0.3 is 14.8 Å². The minimum Gasteiger partial charge on any atom is -0.493 e. The topological polar surface area (TPSA) is 90.7 Å². The molecule has 24 heavy (non-hydrogen) atoms. The molecule has 7 heteroatoms. The molecule has 0 saturated carbocycles. The standard InChI is InChI=1S/C17H16N2O5/c1-23-15-8-3-5-12(17(15)24-2)9-10-16(20)18-13-6-4-7-14(11-13)19(21)22/h3-11H,1-2H3,(H,18,20)/b10-9+. The van der Waals surface area contributed by atoms with Crippen molar-refractivity contribution >= 4 is 23.4 Å². The van der Waals surface area contributed by atoms with Crippen LogP contribution in [0.4, 0.5) is 11.4 Å². The number of methoxy groups -OCH3 is 2. The average Bonchev–Trinajstić information content (AvgIpc) is 2.59. The van der Waals surface area contributed by atoms with Gasteiger partial charge in [0.15, 0.2) is 11.5 Å². The lowest BCUT2D eigenvalue weighted by atomic mass is 10.1. The van der Waals surface area contributed by atoms with E-state index in [0.717, 1.165) is 0 Å². The number of ether oxygens (including phenoxy) is 2. The first-order valence-corrected chi connectivity index (χ1v) is 6.99. The molecule has 7 nitrogen and oxygen atoms in total. The summed E-state index contributed by atoms with van der Waals surface area (Å²) in [7, 11) is 3.04. The number of non-ortho nitro benzene ring substituents is 1. The smallest absolute Gasteiger partial charge is 0.271 e. The minimum atomic E-state index is -0.521. The highest BCUT2D eigenvalue weighted by molar-refractivity contribution is 6.02. The number of para-hydroxylation sites is 1. The summed E-state index contributed by atoms with van der Waals surface area (Å²) < 4.78 is 10.5. The van der Waals surface area contributed by atoms with Crippen LogP contribution in [0.3, 0.4) is 0 Å². The lowest BCUT2D eigenvalue weighted by Crippen LogP contribution is -2.07. The maximum atomic E-state index is 12.0. The summed E-state index contributed by atoms with van der Waals surface area (Å²) >= 11 is 0. The van der Waals surface area contributed by atoms with E-state index in [1.807, 2.05) is 0 Å². The number of nitro groups is 1. The molecule has 0 unspecified atom stereocenters. The molecule has 0 aliphatic rings. The summed E-state index contributed by atoms with van der Waals surface area (Å²) in [5.41, 5.74) is 0.925. The van der Waals surface area contributed by atoms with Gasteiger partial charge in [-0.15, -0.1) is 0 Å². The molecule has 2 aromatic rings. The van der Waals surface area contributed by atoms with Crippen LogP contribution in [0.2, 0.25) is 0 Å². The molecule has 0 fully saturated rings. The fourth-order valence-electron chi connectivity index (χ4n) is 2.09. The Hall–Kier alpha value is -3.35. The van der Waals surface area contributed by atoms with Gasteiger partial charge in [-0.25, -0.2) is 0 Å². The maximum absolute atomic E-state index is 12.0. The SMILES string of the molecule is COc1cccc(/C=C/C(=O)Nc2cccc([N+](=O)[O-])c2)c1OC. The summed E-state index contributed by atoms with van der Waals surface area (Å²) in [5.74, 6) is 0.651. The molecule has 0 atom stereocenters. The number of anilines is 1. The Kier molecular flexibility index (Phi) is 5.51. The van der Waals surface area contributed by atoms with Gasteiger partial charge in [-0.3, -0.25) is 14.9 Å². The van der Waals surface area contributed by atoms with Crippen LogP contribution in [0.1, 0.15) is 5.56 Å². The van der Waals surface area contributed by atoms with Crippen LogP contribution >= 0.6 is 0 Å². The molecule has 0 spiro atoms.